The van der Waals surface area contributed by atoms with E-state index in [9.17, 15) is 14.4 Å². The van der Waals surface area contributed by atoms with Crippen molar-refractivity contribution in [3.8, 4) is 0 Å². The molecule has 114 valence electrons. The van der Waals surface area contributed by atoms with E-state index in [1.807, 2.05) is 0 Å². The molecule has 1 N–H and O–H groups in total. The van der Waals surface area contributed by atoms with Gasteiger partial charge in [-0.15, -0.1) is 11.8 Å². The number of amides is 2. The smallest absolute Gasteiger partial charge is 0.339 e. The van der Waals surface area contributed by atoms with Gasteiger partial charge in [0, 0.05) is 7.05 Å². The highest BCUT2D eigenvalue weighted by Gasteiger charge is 2.25. The average Bonchev–Trinajstić information content (AvgIpc) is 2.96. The van der Waals surface area contributed by atoms with Gasteiger partial charge in [0.25, 0.3) is 0 Å². The standard InChI is InChI=1S/C13H16N2O5S/c1-8-10(13(18)19)3-9(20-8)4-14(2)11(16)5-15-7-21-6-12(15)17/h3H,4-7H2,1-2H3,(H,18,19). The normalized spacial score (nSPS) is 14.6. The van der Waals surface area contributed by atoms with Crippen LogP contribution in [0.4, 0.5) is 0 Å². The number of carbonyl (C=O) groups excluding carboxylic acids is 2. The minimum absolute atomic E-state index is 0.0355. The number of rotatable bonds is 5. The molecule has 8 heteroatoms. The van der Waals surface area contributed by atoms with Gasteiger partial charge >= 0.3 is 5.97 Å². The zero-order valence-corrected chi connectivity index (χ0v) is 12.6. The first-order chi connectivity index (χ1) is 9.88. The lowest BCUT2D eigenvalue weighted by atomic mass is 10.2. The minimum Gasteiger partial charge on any atom is -0.478 e. The molecule has 2 heterocycles. The molecular formula is C13H16N2O5S. The molecule has 0 aromatic carbocycles. The van der Waals surface area contributed by atoms with Crippen molar-refractivity contribution in [2.24, 2.45) is 0 Å². The zero-order chi connectivity index (χ0) is 15.6. The number of hydrogen-bond acceptors (Lipinski definition) is 5. The zero-order valence-electron chi connectivity index (χ0n) is 11.8. The maximum atomic E-state index is 12.0. The molecule has 2 amide bonds. The lowest BCUT2D eigenvalue weighted by molar-refractivity contribution is -0.137. The van der Waals surface area contributed by atoms with E-state index in [4.69, 9.17) is 9.52 Å². The highest BCUT2D eigenvalue weighted by molar-refractivity contribution is 8.00. The molecule has 0 bridgehead atoms. The topological polar surface area (TPSA) is 91.1 Å². The number of carbonyl (C=O) groups is 3. The van der Waals surface area contributed by atoms with Crippen molar-refractivity contribution in [2.45, 2.75) is 13.5 Å². The van der Waals surface area contributed by atoms with Gasteiger partial charge in [-0.3, -0.25) is 9.59 Å². The molecule has 0 spiro atoms. The van der Waals surface area contributed by atoms with Gasteiger partial charge in [0.1, 0.15) is 23.6 Å². The van der Waals surface area contributed by atoms with Crippen LogP contribution in [-0.2, 0) is 16.1 Å². The second-order valence-electron chi connectivity index (χ2n) is 4.81. The van der Waals surface area contributed by atoms with E-state index in [1.54, 1.807) is 14.0 Å². The fourth-order valence-corrected chi connectivity index (χ4v) is 2.88. The van der Waals surface area contributed by atoms with Crippen molar-refractivity contribution in [3.05, 3.63) is 23.2 Å². The van der Waals surface area contributed by atoms with E-state index in [0.717, 1.165) is 0 Å². The highest BCUT2D eigenvalue weighted by atomic mass is 32.2. The summed E-state index contributed by atoms with van der Waals surface area (Å²) in [4.78, 5) is 37.4. The van der Waals surface area contributed by atoms with Crippen molar-refractivity contribution in [1.29, 1.82) is 0 Å². The summed E-state index contributed by atoms with van der Waals surface area (Å²) >= 11 is 1.48. The molecule has 0 saturated carbocycles. The third kappa shape index (κ3) is 3.57. The Hall–Kier alpha value is -1.96. The summed E-state index contributed by atoms with van der Waals surface area (Å²) in [6.45, 7) is 1.77. The molecule has 1 aromatic rings. The molecule has 1 aliphatic heterocycles. The minimum atomic E-state index is -1.06. The van der Waals surface area contributed by atoms with Gasteiger partial charge in [-0.25, -0.2) is 4.79 Å². The number of nitrogens with zero attached hydrogens (tertiary/aromatic N) is 2. The van der Waals surface area contributed by atoms with E-state index >= 15 is 0 Å². The molecule has 1 aromatic heterocycles. The fourth-order valence-electron chi connectivity index (χ4n) is 1.98. The number of thioether (sulfide) groups is 1. The van der Waals surface area contributed by atoms with Crippen LogP contribution in [0.1, 0.15) is 21.9 Å². The van der Waals surface area contributed by atoms with Crippen molar-refractivity contribution in [1.82, 2.24) is 9.80 Å². The summed E-state index contributed by atoms with van der Waals surface area (Å²) < 4.78 is 5.33. The van der Waals surface area contributed by atoms with Crippen molar-refractivity contribution in [2.75, 3.05) is 25.2 Å². The Kier molecular flexibility index (Phi) is 4.56. The second-order valence-corrected chi connectivity index (χ2v) is 5.76. The molecule has 0 atom stereocenters. The molecule has 1 saturated heterocycles. The third-order valence-corrected chi connectivity index (χ3v) is 4.11. The van der Waals surface area contributed by atoms with Gasteiger partial charge in [-0.05, 0) is 13.0 Å². The van der Waals surface area contributed by atoms with E-state index in [0.29, 0.717) is 23.2 Å². The molecular weight excluding hydrogens is 296 g/mol. The molecule has 7 nitrogen and oxygen atoms in total. The number of aromatic carboxylic acids is 1. The van der Waals surface area contributed by atoms with Crippen LogP contribution >= 0.6 is 11.8 Å². The van der Waals surface area contributed by atoms with Crippen LogP contribution in [0, 0.1) is 6.92 Å². The largest absolute Gasteiger partial charge is 0.478 e. The first-order valence-corrected chi connectivity index (χ1v) is 7.46. The summed E-state index contributed by atoms with van der Waals surface area (Å²) in [5, 5.41) is 8.95. The fraction of sp³-hybridized carbons (Fsp3) is 0.462. The highest BCUT2D eigenvalue weighted by Crippen LogP contribution is 2.17. The quantitative estimate of drug-likeness (QED) is 0.864. The maximum Gasteiger partial charge on any atom is 0.339 e. The molecule has 0 unspecified atom stereocenters. The number of furan rings is 1. The number of aryl methyl sites for hydroxylation is 1. The number of carboxylic acids is 1. The van der Waals surface area contributed by atoms with Gasteiger partial charge in [-0.2, -0.15) is 0 Å². The van der Waals surface area contributed by atoms with Crippen molar-refractivity contribution < 1.29 is 23.9 Å². The van der Waals surface area contributed by atoms with Gasteiger partial charge in [-0.1, -0.05) is 0 Å². The average molecular weight is 312 g/mol. The first-order valence-electron chi connectivity index (χ1n) is 6.30. The summed E-state index contributed by atoms with van der Waals surface area (Å²) in [5.41, 5.74) is 0.0944. The summed E-state index contributed by atoms with van der Waals surface area (Å²) in [5.74, 6) is 0.349. The van der Waals surface area contributed by atoms with Gasteiger partial charge in [0.2, 0.25) is 11.8 Å². The van der Waals surface area contributed by atoms with Crippen molar-refractivity contribution >= 4 is 29.5 Å². The summed E-state index contributed by atoms with van der Waals surface area (Å²) in [6.07, 6.45) is 0. The van der Waals surface area contributed by atoms with Crippen LogP contribution in [-0.4, -0.2) is 57.9 Å². The third-order valence-electron chi connectivity index (χ3n) is 3.17. The number of carboxylic acid groups (broad SMARTS) is 1. The Balaban J connectivity index is 1.95. The van der Waals surface area contributed by atoms with E-state index in [-0.39, 0.29) is 30.5 Å². The SMILES string of the molecule is Cc1oc(CN(C)C(=O)CN2CSCC2=O)cc1C(=O)O. The van der Waals surface area contributed by atoms with E-state index in [1.165, 1.54) is 27.6 Å². The predicted octanol–water partition coefficient (Wildman–Crippen LogP) is 0.778. The Morgan fingerprint density at radius 2 is 2.24 bits per heavy atom. The second kappa shape index (κ2) is 6.21. The lowest BCUT2D eigenvalue weighted by Crippen LogP contribution is -2.38. The van der Waals surface area contributed by atoms with Crippen LogP contribution < -0.4 is 0 Å². The van der Waals surface area contributed by atoms with Crippen LogP contribution in [0.15, 0.2) is 10.5 Å². The van der Waals surface area contributed by atoms with Gasteiger partial charge in [0.15, 0.2) is 0 Å². The van der Waals surface area contributed by atoms with Crippen molar-refractivity contribution in [3.63, 3.8) is 0 Å². The van der Waals surface area contributed by atoms with E-state index < -0.39 is 5.97 Å². The first kappa shape index (κ1) is 15.4. The molecule has 1 fully saturated rings. The molecule has 1 aliphatic rings. The van der Waals surface area contributed by atoms with Gasteiger partial charge < -0.3 is 19.3 Å². The Morgan fingerprint density at radius 1 is 1.52 bits per heavy atom. The van der Waals surface area contributed by atoms with Gasteiger partial charge in [0.05, 0.1) is 18.2 Å². The molecule has 0 aliphatic carbocycles. The van der Waals surface area contributed by atoms with Crippen LogP contribution in [0.5, 0.6) is 0 Å². The summed E-state index contributed by atoms with van der Waals surface area (Å²) in [7, 11) is 1.59. The molecule has 2 rings (SSSR count). The Labute approximate surface area is 125 Å². The van der Waals surface area contributed by atoms with Crippen LogP contribution in [0.3, 0.4) is 0 Å². The molecule has 21 heavy (non-hydrogen) atoms. The molecule has 0 radical (unpaired) electrons. The number of likely N-dealkylation sites (N-methyl/N-ethyl adjacent to an activating group) is 1. The van der Waals surface area contributed by atoms with E-state index in [2.05, 4.69) is 0 Å². The van der Waals surface area contributed by atoms with Crippen LogP contribution in [0.25, 0.3) is 0 Å². The predicted molar refractivity (Wildman–Crippen MR) is 75.9 cm³/mol. The monoisotopic (exact) mass is 312 g/mol. The maximum absolute atomic E-state index is 12.0. The lowest BCUT2D eigenvalue weighted by Gasteiger charge is -2.20. The Bertz CT molecular complexity index is 583. The summed E-state index contributed by atoms with van der Waals surface area (Å²) in [6, 6.07) is 1.41. The number of hydrogen-bond donors (Lipinski definition) is 1. The Morgan fingerprint density at radius 3 is 2.76 bits per heavy atom. The van der Waals surface area contributed by atoms with Crippen LogP contribution in [0.2, 0.25) is 0 Å².